The number of hydrogen-bond acceptors (Lipinski definition) is 4. The van der Waals surface area contributed by atoms with Crippen molar-refractivity contribution in [3.8, 4) is 5.88 Å². The Hall–Kier alpha value is -1.76. The van der Waals surface area contributed by atoms with Gasteiger partial charge in [0, 0.05) is 6.54 Å². The minimum Gasteiger partial charge on any atom is -0.480 e. The highest BCUT2D eigenvalue weighted by Crippen LogP contribution is 2.26. The predicted molar refractivity (Wildman–Crippen MR) is 50.6 cm³/mol. The molecule has 0 saturated heterocycles. The largest absolute Gasteiger partial charge is 0.480 e. The number of nitrogens with zero attached hydrogens (tertiary/aromatic N) is 1. The lowest BCUT2D eigenvalue weighted by molar-refractivity contribution is 0.0690. The van der Waals surface area contributed by atoms with Crippen LogP contribution in [0.15, 0.2) is 6.07 Å². The molecule has 1 aromatic heterocycles. The number of carboxylic acid groups (broad SMARTS) is 1. The molecule has 0 spiro atoms. The van der Waals surface area contributed by atoms with E-state index in [1.54, 1.807) is 0 Å². The third-order valence-electron chi connectivity index (χ3n) is 1.94. The molecule has 0 bridgehead atoms. The molecule has 0 aromatic carbocycles. The molecule has 0 fully saturated rings. The van der Waals surface area contributed by atoms with Gasteiger partial charge in [-0.05, 0) is 11.6 Å². The average molecular weight is 232 g/mol. The van der Waals surface area contributed by atoms with Crippen molar-refractivity contribution in [1.29, 1.82) is 0 Å². The van der Waals surface area contributed by atoms with E-state index in [-0.39, 0.29) is 23.6 Å². The Kier molecular flexibility index (Phi) is 3.73. The number of rotatable bonds is 4. The zero-order valence-corrected chi connectivity index (χ0v) is 8.41. The first-order valence-corrected chi connectivity index (χ1v) is 4.30. The van der Waals surface area contributed by atoms with Crippen molar-refractivity contribution in [2.24, 2.45) is 5.73 Å². The number of hydrogen-bond donors (Lipinski definition) is 2. The van der Waals surface area contributed by atoms with Crippen LogP contribution in [0, 0.1) is 0 Å². The number of nitrogens with two attached hydrogens (primary N) is 1. The van der Waals surface area contributed by atoms with E-state index in [1.807, 2.05) is 0 Å². The van der Waals surface area contributed by atoms with E-state index in [1.165, 1.54) is 0 Å². The van der Waals surface area contributed by atoms with Crippen LogP contribution in [0.5, 0.6) is 5.88 Å². The Bertz CT molecular complexity index is 385. The minimum absolute atomic E-state index is 0.0645. The number of methoxy groups -OCH3 is 1. The van der Waals surface area contributed by atoms with E-state index >= 15 is 0 Å². The summed E-state index contributed by atoms with van der Waals surface area (Å²) < 4.78 is 29.5. The molecule has 3 N–H and O–H groups in total. The van der Waals surface area contributed by atoms with Crippen molar-refractivity contribution in [2.75, 3.05) is 7.11 Å². The van der Waals surface area contributed by atoms with Gasteiger partial charge in [0.05, 0.1) is 7.11 Å². The molecule has 88 valence electrons. The van der Waals surface area contributed by atoms with Crippen LogP contribution in [-0.2, 0) is 6.54 Å². The Labute approximate surface area is 89.9 Å². The lowest BCUT2D eigenvalue weighted by Crippen LogP contribution is -2.12. The van der Waals surface area contributed by atoms with Crippen LogP contribution in [0.4, 0.5) is 8.78 Å². The molecular weight excluding hydrogens is 222 g/mol. The molecule has 7 heteroatoms. The van der Waals surface area contributed by atoms with Crippen LogP contribution in [0.3, 0.4) is 0 Å². The third-order valence-corrected chi connectivity index (χ3v) is 1.94. The smallest absolute Gasteiger partial charge is 0.341 e. The molecule has 0 unspecified atom stereocenters. The summed E-state index contributed by atoms with van der Waals surface area (Å²) in [5.41, 5.74) is 4.52. The Morgan fingerprint density at radius 2 is 2.31 bits per heavy atom. The maximum absolute atomic E-state index is 12.4. The fourth-order valence-corrected chi connectivity index (χ4v) is 1.24. The third kappa shape index (κ3) is 2.25. The van der Waals surface area contributed by atoms with Crippen molar-refractivity contribution >= 4 is 5.97 Å². The number of carboxylic acids is 1. The minimum atomic E-state index is -2.80. The summed E-state index contributed by atoms with van der Waals surface area (Å²) in [4.78, 5) is 14.3. The van der Waals surface area contributed by atoms with Gasteiger partial charge in [0.1, 0.15) is 11.3 Å². The molecule has 16 heavy (non-hydrogen) atoms. The van der Waals surface area contributed by atoms with Gasteiger partial charge in [0.25, 0.3) is 6.43 Å². The first-order valence-electron chi connectivity index (χ1n) is 4.30. The number of aromatic nitrogens is 1. The summed E-state index contributed by atoms with van der Waals surface area (Å²) in [5, 5.41) is 8.88. The standard InChI is InChI=1S/C9H10F2N2O3/c1-16-8-6(9(14)15)4(3-12)2-5(13-8)7(10)11/h2,7H,3,12H2,1H3,(H,14,15). The normalized spacial score (nSPS) is 10.6. The first-order chi connectivity index (χ1) is 7.51. The van der Waals surface area contributed by atoms with Crippen LogP contribution in [0.25, 0.3) is 0 Å². The van der Waals surface area contributed by atoms with E-state index in [0.29, 0.717) is 0 Å². The van der Waals surface area contributed by atoms with Gasteiger partial charge >= 0.3 is 5.97 Å². The highest BCUT2D eigenvalue weighted by molar-refractivity contribution is 5.92. The number of pyridine rings is 1. The summed E-state index contributed by atoms with van der Waals surface area (Å²) in [7, 11) is 1.16. The molecule has 0 aliphatic heterocycles. The van der Waals surface area contributed by atoms with Gasteiger partial charge in [-0.1, -0.05) is 0 Å². The fraction of sp³-hybridized carbons (Fsp3) is 0.333. The molecule has 1 heterocycles. The summed E-state index contributed by atoms with van der Waals surface area (Å²) in [6.07, 6.45) is -2.80. The quantitative estimate of drug-likeness (QED) is 0.814. The Balaban J connectivity index is 3.43. The van der Waals surface area contributed by atoms with Crippen LogP contribution in [-0.4, -0.2) is 23.2 Å². The van der Waals surface area contributed by atoms with E-state index in [0.717, 1.165) is 13.2 Å². The lowest BCUT2D eigenvalue weighted by atomic mass is 10.1. The Morgan fingerprint density at radius 3 is 2.69 bits per heavy atom. The second-order valence-corrected chi connectivity index (χ2v) is 2.90. The number of ether oxygens (including phenoxy) is 1. The maximum atomic E-state index is 12.4. The summed E-state index contributed by atoms with van der Waals surface area (Å²) in [6, 6.07) is 0.969. The molecule has 0 radical (unpaired) electrons. The second-order valence-electron chi connectivity index (χ2n) is 2.90. The maximum Gasteiger partial charge on any atom is 0.341 e. The topological polar surface area (TPSA) is 85.4 Å². The van der Waals surface area contributed by atoms with Crippen molar-refractivity contribution in [1.82, 2.24) is 4.98 Å². The van der Waals surface area contributed by atoms with Gasteiger partial charge in [0.2, 0.25) is 5.88 Å². The molecule has 0 saturated carbocycles. The van der Waals surface area contributed by atoms with Crippen LogP contribution >= 0.6 is 0 Å². The molecule has 0 atom stereocenters. The summed E-state index contributed by atoms with van der Waals surface area (Å²) in [5.74, 6) is -1.67. The van der Waals surface area contributed by atoms with E-state index in [2.05, 4.69) is 9.72 Å². The molecular formula is C9H10F2N2O3. The summed E-state index contributed by atoms with van der Waals surface area (Å²) >= 11 is 0. The van der Waals surface area contributed by atoms with Gasteiger partial charge in [-0.15, -0.1) is 0 Å². The molecule has 0 amide bonds. The highest BCUT2D eigenvalue weighted by Gasteiger charge is 2.21. The fourth-order valence-electron chi connectivity index (χ4n) is 1.24. The zero-order chi connectivity index (χ0) is 12.3. The molecule has 1 aromatic rings. The van der Waals surface area contributed by atoms with Crippen molar-refractivity contribution in [2.45, 2.75) is 13.0 Å². The number of aromatic carboxylic acids is 1. The Morgan fingerprint density at radius 1 is 1.69 bits per heavy atom. The number of carbonyl (C=O) groups is 1. The van der Waals surface area contributed by atoms with Gasteiger partial charge in [0.15, 0.2) is 0 Å². The predicted octanol–water partition coefficient (Wildman–Crippen LogP) is 1.18. The van der Waals surface area contributed by atoms with Gasteiger partial charge in [-0.25, -0.2) is 18.6 Å². The molecule has 0 aliphatic carbocycles. The molecule has 5 nitrogen and oxygen atoms in total. The second kappa shape index (κ2) is 4.84. The van der Waals surface area contributed by atoms with E-state index in [4.69, 9.17) is 10.8 Å². The van der Waals surface area contributed by atoms with Crippen LogP contribution < -0.4 is 10.5 Å². The lowest BCUT2D eigenvalue weighted by Gasteiger charge is -2.10. The van der Waals surface area contributed by atoms with Gasteiger partial charge < -0.3 is 15.6 Å². The number of halogens is 2. The van der Waals surface area contributed by atoms with Gasteiger partial charge in [-0.3, -0.25) is 0 Å². The zero-order valence-electron chi connectivity index (χ0n) is 8.41. The van der Waals surface area contributed by atoms with Crippen molar-refractivity contribution in [3.05, 3.63) is 22.9 Å². The monoisotopic (exact) mass is 232 g/mol. The first kappa shape index (κ1) is 12.3. The van der Waals surface area contributed by atoms with Crippen molar-refractivity contribution < 1.29 is 23.4 Å². The van der Waals surface area contributed by atoms with Crippen LogP contribution in [0.2, 0.25) is 0 Å². The number of alkyl halides is 2. The summed E-state index contributed by atoms with van der Waals surface area (Å²) in [6.45, 7) is -0.180. The van der Waals surface area contributed by atoms with E-state index in [9.17, 15) is 13.6 Å². The van der Waals surface area contributed by atoms with E-state index < -0.39 is 18.1 Å². The molecule has 0 aliphatic rings. The SMILES string of the molecule is COc1nc(C(F)F)cc(CN)c1C(=O)O. The highest BCUT2D eigenvalue weighted by atomic mass is 19.3. The molecule has 1 rings (SSSR count). The van der Waals surface area contributed by atoms with Crippen molar-refractivity contribution in [3.63, 3.8) is 0 Å². The van der Waals surface area contributed by atoms with Crippen LogP contribution in [0.1, 0.15) is 28.0 Å². The van der Waals surface area contributed by atoms with Gasteiger partial charge in [-0.2, -0.15) is 0 Å². The average Bonchev–Trinajstić information content (AvgIpc) is 2.26.